The van der Waals surface area contributed by atoms with Crippen LogP contribution in [0.1, 0.15) is 36.9 Å². The van der Waals surface area contributed by atoms with E-state index in [0.29, 0.717) is 24.2 Å². The molecule has 1 aliphatic carbocycles. The van der Waals surface area contributed by atoms with Gasteiger partial charge in [0.05, 0.1) is 0 Å². The number of anilines is 1. The minimum absolute atomic E-state index is 0.120. The van der Waals surface area contributed by atoms with Crippen molar-refractivity contribution < 1.29 is 18.8 Å². The molecule has 3 rings (SSSR count). The Labute approximate surface area is 122 Å². The summed E-state index contributed by atoms with van der Waals surface area (Å²) in [5, 5.41) is 19.2. The highest BCUT2D eigenvalue weighted by Crippen LogP contribution is 2.30. The van der Waals surface area contributed by atoms with Crippen molar-refractivity contribution in [2.75, 3.05) is 18.0 Å². The van der Waals surface area contributed by atoms with Crippen molar-refractivity contribution in [2.45, 2.75) is 44.4 Å². The monoisotopic (exact) mass is 296 g/mol. The maximum absolute atomic E-state index is 13.5. The molecule has 1 aromatic rings. The molecule has 7 heteroatoms. The molecule has 1 fully saturated rings. The molecule has 1 saturated heterocycles. The highest BCUT2D eigenvalue weighted by molar-refractivity contribution is 6.60. The number of aryl methyl sites for hydroxylation is 2. The van der Waals surface area contributed by atoms with Crippen LogP contribution >= 0.6 is 0 Å². The Morgan fingerprint density at radius 1 is 1.14 bits per heavy atom. The lowest BCUT2D eigenvalue weighted by Gasteiger charge is -2.25. The SMILES string of the molecule is OB(O)c1cc2c(nc1N1CCCC(F)(F)CC1)CCC2. The van der Waals surface area contributed by atoms with E-state index < -0.39 is 13.0 Å². The summed E-state index contributed by atoms with van der Waals surface area (Å²) in [5.41, 5.74) is 2.34. The molecule has 2 N–H and O–H groups in total. The fourth-order valence-corrected chi connectivity index (χ4v) is 3.20. The molecule has 0 aromatic carbocycles. The molecule has 2 heterocycles. The number of alkyl halides is 2. The Hall–Kier alpha value is -1.21. The van der Waals surface area contributed by atoms with Crippen LogP contribution in [-0.4, -0.2) is 41.2 Å². The van der Waals surface area contributed by atoms with E-state index in [-0.39, 0.29) is 19.4 Å². The van der Waals surface area contributed by atoms with E-state index in [1.54, 1.807) is 11.0 Å². The van der Waals surface area contributed by atoms with Crippen LogP contribution in [0.5, 0.6) is 0 Å². The van der Waals surface area contributed by atoms with Gasteiger partial charge in [0, 0.05) is 37.1 Å². The van der Waals surface area contributed by atoms with E-state index >= 15 is 0 Å². The molecule has 2 aliphatic rings. The summed E-state index contributed by atoms with van der Waals surface area (Å²) in [6.07, 6.45) is 2.81. The van der Waals surface area contributed by atoms with E-state index in [1.165, 1.54) is 0 Å². The van der Waals surface area contributed by atoms with Gasteiger partial charge in [-0.3, -0.25) is 0 Å². The van der Waals surface area contributed by atoms with Gasteiger partial charge in [-0.15, -0.1) is 0 Å². The zero-order chi connectivity index (χ0) is 15.0. The third-order valence-electron chi connectivity index (χ3n) is 4.35. The lowest BCUT2D eigenvalue weighted by Crippen LogP contribution is -2.39. The summed E-state index contributed by atoms with van der Waals surface area (Å²) in [5.74, 6) is -2.17. The Balaban J connectivity index is 1.93. The summed E-state index contributed by atoms with van der Waals surface area (Å²) >= 11 is 0. The van der Waals surface area contributed by atoms with Crippen LogP contribution in [0.3, 0.4) is 0 Å². The summed E-state index contributed by atoms with van der Waals surface area (Å²) in [7, 11) is -1.62. The van der Waals surface area contributed by atoms with Gasteiger partial charge in [0.25, 0.3) is 0 Å². The first-order chi connectivity index (χ1) is 9.96. The van der Waals surface area contributed by atoms with Crippen LogP contribution in [0, 0.1) is 0 Å². The summed E-state index contributed by atoms with van der Waals surface area (Å²) in [4.78, 5) is 6.32. The van der Waals surface area contributed by atoms with E-state index in [9.17, 15) is 18.8 Å². The van der Waals surface area contributed by atoms with Crippen molar-refractivity contribution in [1.29, 1.82) is 0 Å². The van der Waals surface area contributed by atoms with Crippen LogP contribution in [0.4, 0.5) is 14.6 Å². The first-order valence-corrected chi connectivity index (χ1v) is 7.48. The number of nitrogens with zero attached hydrogens (tertiary/aromatic N) is 2. The van der Waals surface area contributed by atoms with Crippen LogP contribution in [0.25, 0.3) is 0 Å². The Kier molecular flexibility index (Phi) is 3.88. The van der Waals surface area contributed by atoms with Crippen molar-refractivity contribution in [2.24, 2.45) is 0 Å². The molecule has 0 amide bonds. The van der Waals surface area contributed by atoms with Gasteiger partial charge in [-0.1, -0.05) is 6.07 Å². The molecule has 0 unspecified atom stereocenters. The first-order valence-electron chi connectivity index (χ1n) is 7.48. The van der Waals surface area contributed by atoms with Gasteiger partial charge in [-0.25, -0.2) is 13.8 Å². The highest BCUT2D eigenvalue weighted by atomic mass is 19.3. The van der Waals surface area contributed by atoms with Gasteiger partial charge >= 0.3 is 7.12 Å². The van der Waals surface area contributed by atoms with Crippen molar-refractivity contribution in [1.82, 2.24) is 4.98 Å². The second kappa shape index (κ2) is 5.53. The average Bonchev–Trinajstić information content (AvgIpc) is 2.80. The van der Waals surface area contributed by atoms with E-state index in [4.69, 9.17) is 0 Å². The van der Waals surface area contributed by atoms with E-state index in [0.717, 1.165) is 30.5 Å². The largest absolute Gasteiger partial charge is 0.492 e. The molecule has 0 spiro atoms. The zero-order valence-electron chi connectivity index (χ0n) is 11.9. The Morgan fingerprint density at radius 2 is 1.95 bits per heavy atom. The fourth-order valence-electron chi connectivity index (χ4n) is 3.20. The normalized spacial score (nSPS) is 21.0. The number of halogens is 2. The molecule has 0 atom stereocenters. The van der Waals surface area contributed by atoms with Gasteiger partial charge in [0.15, 0.2) is 0 Å². The fraction of sp³-hybridized carbons (Fsp3) is 0.643. The predicted molar refractivity (Wildman–Crippen MR) is 77.1 cm³/mol. The smallest absolute Gasteiger partial charge is 0.423 e. The molecular weight excluding hydrogens is 277 g/mol. The van der Waals surface area contributed by atoms with Gasteiger partial charge < -0.3 is 14.9 Å². The molecule has 114 valence electrons. The number of hydrogen-bond donors (Lipinski definition) is 2. The van der Waals surface area contributed by atoms with Gasteiger partial charge in [-0.2, -0.15) is 0 Å². The van der Waals surface area contributed by atoms with Crippen LogP contribution < -0.4 is 10.4 Å². The summed E-state index contributed by atoms with van der Waals surface area (Å²) in [6.45, 7) is 0.666. The summed E-state index contributed by atoms with van der Waals surface area (Å²) in [6, 6.07) is 1.78. The van der Waals surface area contributed by atoms with Crippen molar-refractivity contribution >= 4 is 18.4 Å². The average molecular weight is 296 g/mol. The zero-order valence-corrected chi connectivity index (χ0v) is 11.9. The molecule has 4 nitrogen and oxygen atoms in total. The molecule has 21 heavy (non-hydrogen) atoms. The Bertz CT molecular complexity index is 540. The van der Waals surface area contributed by atoms with Crippen LogP contribution in [-0.2, 0) is 12.8 Å². The standard InChI is InChI=1S/C14H19BF2N2O2/c16-14(17)5-2-7-19(8-6-14)13-11(15(20)21)9-10-3-1-4-12(10)18-13/h9,20-21H,1-8H2. The Morgan fingerprint density at radius 3 is 2.71 bits per heavy atom. The van der Waals surface area contributed by atoms with E-state index in [2.05, 4.69) is 4.98 Å². The van der Waals surface area contributed by atoms with Gasteiger partial charge in [-0.05, 0) is 31.2 Å². The third kappa shape index (κ3) is 3.03. The second-order valence-electron chi connectivity index (χ2n) is 5.93. The van der Waals surface area contributed by atoms with Gasteiger partial charge in [0.1, 0.15) is 5.82 Å². The molecule has 0 saturated carbocycles. The maximum Gasteiger partial charge on any atom is 0.492 e. The number of hydrogen-bond acceptors (Lipinski definition) is 4. The second-order valence-corrected chi connectivity index (χ2v) is 5.93. The molecular formula is C14H19BF2N2O2. The van der Waals surface area contributed by atoms with Gasteiger partial charge in [0.2, 0.25) is 5.92 Å². The predicted octanol–water partition coefficient (Wildman–Crippen LogP) is 0.876. The quantitative estimate of drug-likeness (QED) is 0.795. The third-order valence-corrected chi connectivity index (χ3v) is 4.35. The number of rotatable bonds is 2. The molecule has 0 radical (unpaired) electrons. The van der Waals surface area contributed by atoms with Crippen molar-refractivity contribution in [3.05, 3.63) is 17.3 Å². The number of aromatic nitrogens is 1. The topological polar surface area (TPSA) is 56.6 Å². The van der Waals surface area contributed by atoms with Crippen LogP contribution in [0.15, 0.2) is 6.07 Å². The number of fused-ring (bicyclic) bond motifs is 1. The highest BCUT2D eigenvalue weighted by Gasteiger charge is 2.34. The number of pyridine rings is 1. The van der Waals surface area contributed by atoms with Crippen molar-refractivity contribution in [3.8, 4) is 0 Å². The minimum Gasteiger partial charge on any atom is -0.423 e. The lowest BCUT2D eigenvalue weighted by molar-refractivity contribution is -0.0102. The van der Waals surface area contributed by atoms with Crippen LogP contribution in [0.2, 0.25) is 0 Å². The van der Waals surface area contributed by atoms with Crippen molar-refractivity contribution in [3.63, 3.8) is 0 Å². The molecule has 0 bridgehead atoms. The lowest BCUT2D eigenvalue weighted by atomic mass is 9.79. The van der Waals surface area contributed by atoms with E-state index in [1.807, 2.05) is 0 Å². The maximum atomic E-state index is 13.5. The minimum atomic E-state index is -2.64. The summed E-state index contributed by atoms with van der Waals surface area (Å²) < 4.78 is 27.0. The first kappa shape index (κ1) is 14.7. The molecule has 1 aliphatic heterocycles. The molecule has 1 aromatic heterocycles.